The summed E-state index contributed by atoms with van der Waals surface area (Å²) in [6.45, 7) is 2.03. The first kappa shape index (κ1) is 11.0. The SMILES string of the molecule is Clc1ccc(N2CCCC(Cl)CC2)nc1. The molecule has 2 rings (SSSR count). The quantitative estimate of drug-likeness (QED) is 0.705. The van der Waals surface area contributed by atoms with E-state index < -0.39 is 0 Å². The molecular formula is C11H14Cl2N2. The highest BCUT2D eigenvalue weighted by molar-refractivity contribution is 6.30. The van der Waals surface area contributed by atoms with E-state index in [4.69, 9.17) is 23.2 Å². The summed E-state index contributed by atoms with van der Waals surface area (Å²) < 4.78 is 0. The van der Waals surface area contributed by atoms with Crippen molar-refractivity contribution in [2.45, 2.75) is 24.6 Å². The van der Waals surface area contributed by atoms with Crippen molar-refractivity contribution in [2.75, 3.05) is 18.0 Å². The third-order valence-electron chi connectivity index (χ3n) is 2.69. The first-order chi connectivity index (χ1) is 7.25. The molecule has 1 aromatic heterocycles. The molecule has 82 valence electrons. The lowest BCUT2D eigenvalue weighted by molar-refractivity contribution is 0.735. The molecule has 1 unspecified atom stereocenters. The Kier molecular flexibility index (Phi) is 3.71. The van der Waals surface area contributed by atoms with Gasteiger partial charge in [-0.3, -0.25) is 0 Å². The zero-order chi connectivity index (χ0) is 10.7. The number of halogens is 2. The second-order valence-corrected chi connectivity index (χ2v) is 4.90. The number of aromatic nitrogens is 1. The van der Waals surface area contributed by atoms with Crippen molar-refractivity contribution in [3.63, 3.8) is 0 Å². The standard InChI is InChI=1S/C11H14Cl2N2/c12-9-2-1-6-15(7-5-9)11-4-3-10(13)8-14-11/h3-4,8-9H,1-2,5-7H2. The van der Waals surface area contributed by atoms with Crippen LogP contribution < -0.4 is 4.90 Å². The fourth-order valence-electron chi connectivity index (χ4n) is 1.84. The molecule has 1 aliphatic rings. The van der Waals surface area contributed by atoms with E-state index in [0.717, 1.165) is 38.2 Å². The molecule has 0 bridgehead atoms. The predicted octanol–water partition coefficient (Wildman–Crippen LogP) is 3.33. The molecule has 0 amide bonds. The largest absolute Gasteiger partial charge is 0.357 e. The monoisotopic (exact) mass is 244 g/mol. The molecule has 0 aromatic carbocycles. The Hall–Kier alpha value is -0.470. The smallest absolute Gasteiger partial charge is 0.128 e. The number of anilines is 1. The van der Waals surface area contributed by atoms with Gasteiger partial charge < -0.3 is 4.90 Å². The summed E-state index contributed by atoms with van der Waals surface area (Å²) in [6.07, 6.45) is 4.97. The van der Waals surface area contributed by atoms with E-state index in [2.05, 4.69) is 9.88 Å². The number of nitrogens with zero attached hydrogens (tertiary/aromatic N) is 2. The highest BCUT2D eigenvalue weighted by Gasteiger charge is 2.15. The predicted molar refractivity (Wildman–Crippen MR) is 65.0 cm³/mol. The molecule has 1 fully saturated rings. The molecule has 1 atom stereocenters. The zero-order valence-corrected chi connectivity index (χ0v) is 10.0. The summed E-state index contributed by atoms with van der Waals surface area (Å²) in [5, 5.41) is 1.01. The van der Waals surface area contributed by atoms with E-state index in [-0.39, 0.29) is 0 Å². The van der Waals surface area contributed by atoms with Crippen LogP contribution in [0.5, 0.6) is 0 Å². The van der Waals surface area contributed by atoms with Gasteiger partial charge in [-0.2, -0.15) is 0 Å². The molecule has 0 radical (unpaired) electrons. The Morgan fingerprint density at radius 2 is 2.13 bits per heavy atom. The van der Waals surface area contributed by atoms with Gasteiger partial charge in [0.05, 0.1) is 5.02 Å². The molecular weight excluding hydrogens is 231 g/mol. The zero-order valence-electron chi connectivity index (χ0n) is 8.50. The number of hydrogen-bond acceptors (Lipinski definition) is 2. The first-order valence-corrected chi connectivity index (χ1v) is 6.08. The lowest BCUT2D eigenvalue weighted by atomic mass is 10.2. The highest BCUT2D eigenvalue weighted by Crippen LogP contribution is 2.21. The van der Waals surface area contributed by atoms with E-state index in [0.29, 0.717) is 10.4 Å². The van der Waals surface area contributed by atoms with E-state index in [1.165, 1.54) is 0 Å². The minimum atomic E-state index is 0.322. The molecule has 4 heteroatoms. The molecule has 2 heterocycles. The van der Waals surface area contributed by atoms with E-state index in [9.17, 15) is 0 Å². The van der Waals surface area contributed by atoms with Crippen molar-refractivity contribution in [3.8, 4) is 0 Å². The van der Waals surface area contributed by atoms with Crippen LogP contribution in [0.25, 0.3) is 0 Å². The van der Waals surface area contributed by atoms with Crippen molar-refractivity contribution in [3.05, 3.63) is 23.4 Å². The number of hydrogen-bond donors (Lipinski definition) is 0. The summed E-state index contributed by atoms with van der Waals surface area (Å²) in [6, 6.07) is 3.85. The fourth-order valence-corrected chi connectivity index (χ4v) is 2.20. The fraction of sp³-hybridized carbons (Fsp3) is 0.545. The second-order valence-electron chi connectivity index (χ2n) is 3.85. The summed E-state index contributed by atoms with van der Waals surface area (Å²) >= 11 is 11.9. The van der Waals surface area contributed by atoms with Gasteiger partial charge in [0.2, 0.25) is 0 Å². The van der Waals surface area contributed by atoms with Crippen molar-refractivity contribution < 1.29 is 0 Å². The van der Waals surface area contributed by atoms with Gasteiger partial charge >= 0.3 is 0 Å². The number of alkyl halides is 1. The molecule has 15 heavy (non-hydrogen) atoms. The maximum absolute atomic E-state index is 6.13. The summed E-state index contributed by atoms with van der Waals surface area (Å²) in [5.74, 6) is 1.00. The molecule has 2 nitrogen and oxygen atoms in total. The third-order valence-corrected chi connectivity index (χ3v) is 3.35. The molecule has 0 aliphatic carbocycles. The van der Waals surface area contributed by atoms with Gasteiger partial charge in [-0.1, -0.05) is 11.6 Å². The van der Waals surface area contributed by atoms with Gasteiger partial charge in [0, 0.05) is 24.7 Å². The highest BCUT2D eigenvalue weighted by atomic mass is 35.5. The minimum Gasteiger partial charge on any atom is -0.357 e. The molecule has 0 N–H and O–H groups in total. The van der Waals surface area contributed by atoms with Crippen LogP contribution in [0.4, 0.5) is 5.82 Å². The second kappa shape index (κ2) is 5.04. The van der Waals surface area contributed by atoms with Crippen LogP contribution in [-0.4, -0.2) is 23.5 Å². The van der Waals surface area contributed by atoms with Gasteiger partial charge in [-0.15, -0.1) is 11.6 Å². The van der Waals surface area contributed by atoms with Gasteiger partial charge in [-0.25, -0.2) is 4.98 Å². The number of pyridine rings is 1. The minimum absolute atomic E-state index is 0.322. The van der Waals surface area contributed by atoms with Gasteiger partial charge in [-0.05, 0) is 31.4 Å². The Morgan fingerprint density at radius 3 is 2.87 bits per heavy atom. The molecule has 0 saturated carbocycles. The lowest BCUT2D eigenvalue weighted by Gasteiger charge is -2.21. The normalized spacial score (nSPS) is 22.5. The lowest BCUT2D eigenvalue weighted by Crippen LogP contribution is -2.25. The van der Waals surface area contributed by atoms with Gasteiger partial charge in [0.25, 0.3) is 0 Å². The van der Waals surface area contributed by atoms with Gasteiger partial charge in [0.15, 0.2) is 0 Å². The molecule has 1 saturated heterocycles. The average molecular weight is 245 g/mol. The van der Waals surface area contributed by atoms with Crippen LogP contribution in [-0.2, 0) is 0 Å². The van der Waals surface area contributed by atoms with E-state index in [1.54, 1.807) is 6.20 Å². The Labute approximate surface area is 100 Å². The van der Waals surface area contributed by atoms with Crippen LogP contribution in [0, 0.1) is 0 Å². The third kappa shape index (κ3) is 2.99. The van der Waals surface area contributed by atoms with Crippen molar-refractivity contribution in [2.24, 2.45) is 0 Å². The van der Waals surface area contributed by atoms with Crippen LogP contribution in [0.3, 0.4) is 0 Å². The maximum atomic E-state index is 6.13. The number of rotatable bonds is 1. The van der Waals surface area contributed by atoms with Crippen LogP contribution in [0.1, 0.15) is 19.3 Å². The van der Waals surface area contributed by atoms with Gasteiger partial charge in [0.1, 0.15) is 5.82 Å². The summed E-state index contributed by atoms with van der Waals surface area (Å²) in [7, 11) is 0. The molecule has 1 aliphatic heterocycles. The summed E-state index contributed by atoms with van der Waals surface area (Å²) in [4.78, 5) is 6.60. The Balaban J connectivity index is 2.06. The van der Waals surface area contributed by atoms with E-state index >= 15 is 0 Å². The topological polar surface area (TPSA) is 16.1 Å². The Morgan fingerprint density at radius 1 is 1.27 bits per heavy atom. The van der Waals surface area contributed by atoms with Crippen LogP contribution in [0.2, 0.25) is 5.02 Å². The van der Waals surface area contributed by atoms with E-state index in [1.807, 2.05) is 12.1 Å². The maximum Gasteiger partial charge on any atom is 0.128 e. The molecule has 1 aromatic rings. The average Bonchev–Trinajstić information content (AvgIpc) is 2.44. The van der Waals surface area contributed by atoms with Crippen LogP contribution >= 0.6 is 23.2 Å². The van der Waals surface area contributed by atoms with Crippen molar-refractivity contribution in [1.82, 2.24) is 4.98 Å². The van der Waals surface area contributed by atoms with Crippen LogP contribution in [0.15, 0.2) is 18.3 Å². The van der Waals surface area contributed by atoms with Crippen molar-refractivity contribution in [1.29, 1.82) is 0 Å². The first-order valence-electron chi connectivity index (χ1n) is 5.26. The summed E-state index contributed by atoms with van der Waals surface area (Å²) in [5.41, 5.74) is 0. The Bertz CT molecular complexity index is 313. The van der Waals surface area contributed by atoms with Crippen molar-refractivity contribution >= 4 is 29.0 Å². The molecule has 0 spiro atoms.